The lowest BCUT2D eigenvalue weighted by molar-refractivity contribution is -0.114. The number of carbonyl (C=O) groups is 2. The normalized spacial score (nSPS) is 14.6. The van der Waals surface area contributed by atoms with Crippen molar-refractivity contribution in [2.75, 3.05) is 36.9 Å². The molecule has 1 aromatic heterocycles. The number of morpholine rings is 1. The highest BCUT2D eigenvalue weighted by Gasteiger charge is 2.31. The van der Waals surface area contributed by atoms with Gasteiger partial charge in [0.1, 0.15) is 10.5 Å². The molecule has 3 N–H and O–H groups in total. The minimum Gasteiger partial charge on any atom is -0.478 e. The quantitative estimate of drug-likeness (QED) is 0.426. The number of hydrogen-bond acceptors (Lipinski definition) is 7. The second kappa shape index (κ2) is 9.66. The Morgan fingerprint density at radius 2 is 1.85 bits per heavy atom. The zero-order valence-electron chi connectivity index (χ0n) is 18.0. The number of rotatable bonds is 6. The third kappa shape index (κ3) is 4.75. The molecular formula is C22H21BrN4O6S. The van der Waals surface area contributed by atoms with Crippen molar-refractivity contribution in [1.29, 1.82) is 0 Å². The molecule has 12 heteroatoms. The van der Waals surface area contributed by atoms with E-state index in [0.717, 1.165) is 0 Å². The Labute approximate surface area is 204 Å². The lowest BCUT2D eigenvalue weighted by Gasteiger charge is -2.27. The third-order valence-corrected chi connectivity index (χ3v) is 7.64. The molecule has 34 heavy (non-hydrogen) atoms. The maximum Gasteiger partial charge on any atom is 0.339 e. The van der Waals surface area contributed by atoms with Gasteiger partial charge in [0, 0.05) is 36.1 Å². The van der Waals surface area contributed by atoms with Gasteiger partial charge in [-0.1, -0.05) is 22.0 Å². The van der Waals surface area contributed by atoms with Crippen molar-refractivity contribution in [3.63, 3.8) is 0 Å². The number of ether oxygens (including phenoxy) is 1. The van der Waals surface area contributed by atoms with Crippen LogP contribution >= 0.6 is 15.9 Å². The van der Waals surface area contributed by atoms with E-state index in [9.17, 15) is 23.1 Å². The number of carboxylic acids is 1. The summed E-state index contributed by atoms with van der Waals surface area (Å²) >= 11 is 3.41. The van der Waals surface area contributed by atoms with E-state index in [1.807, 2.05) is 0 Å². The third-order valence-electron chi connectivity index (χ3n) is 5.23. The van der Waals surface area contributed by atoms with Crippen molar-refractivity contribution in [2.45, 2.75) is 11.8 Å². The molecule has 178 valence electrons. The number of carbonyl (C=O) groups excluding carboxylic acids is 1. The van der Waals surface area contributed by atoms with Crippen LogP contribution in [-0.2, 0) is 19.6 Å². The maximum absolute atomic E-state index is 13.6. The number of aromatic nitrogens is 1. The number of nitrogens with zero attached hydrogens (tertiary/aromatic N) is 2. The largest absolute Gasteiger partial charge is 0.478 e. The fourth-order valence-corrected chi connectivity index (χ4v) is 5.59. The lowest BCUT2D eigenvalue weighted by atomic mass is 10.1. The van der Waals surface area contributed by atoms with Crippen LogP contribution in [0.5, 0.6) is 0 Å². The topological polar surface area (TPSA) is 138 Å². The van der Waals surface area contributed by atoms with E-state index in [1.165, 1.54) is 29.6 Å². The zero-order valence-corrected chi connectivity index (χ0v) is 20.4. The van der Waals surface area contributed by atoms with E-state index >= 15 is 0 Å². The number of carboxylic acid groups (broad SMARTS) is 1. The minimum atomic E-state index is -3.98. The van der Waals surface area contributed by atoms with Crippen LogP contribution in [0.4, 0.5) is 17.1 Å². The van der Waals surface area contributed by atoms with Gasteiger partial charge in [-0.2, -0.15) is 4.31 Å². The maximum atomic E-state index is 13.6. The summed E-state index contributed by atoms with van der Waals surface area (Å²) in [6, 6.07) is 9.74. The Hall–Kier alpha value is -3.06. The van der Waals surface area contributed by atoms with Gasteiger partial charge in [0.15, 0.2) is 0 Å². The summed E-state index contributed by atoms with van der Waals surface area (Å²) in [6.45, 7) is 2.20. The van der Waals surface area contributed by atoms with Crippen LogP contribution < -0.4 is 10.6 Å². The first-order valence-corrected chi connectivity index (χ1v) is 12.5. The fraction of sp³-hybridized carbons (Fsp3) is 0.227. The van der Waals surface area contributed by atoms with Crippen LogP contribution in [0.25, 0.3) is 10.9 Å². The van der Waals surface area contributed by atoms with Crippen LogP contribution in [0, 0.1) is 0 Å². The number of sulfonamides is 1. The molecule has 4 rings (SSSR count). The Balaban J connectivity index is 1.93. The first kappa shape index (κ1) is 24.1. The van der Waals surface area contributed by atoms with Gasteiger partial charge in [-0.3, -0.25) is 9.78 Å². The Bertz CT molecular complexity index is 1390. The lowest BCUT2D eigenvalue weighted by Crippen LogP contribution is -2.40. The average molecular weight is 549 g/mol. The van der Waals surface area contributed by atoms with Gasteiger partial charge in [0.05, 0.1) is 35.8 Å². The van der Waals surface area contributed by atoms with E-state index in [-0.39, 0.29) is 53.8 Å². The van der Waals surface area contributed by atoms with Gasteiger partial charge in [-0.05, 0) is 30.3 Å². The van der Waals surface area contributed by atoms with Crippen molar-refractivity contribution in [1.82, 2.24) is 9.29 Å². The Morgan fingerprint density at radius 3 is 2.53 bits per heavy atom. The van der Waals surface area contributed by atoms with Crippen molar-refractivity contribution in [3.05, 3.63) is 52.6 Å². The minimum absolute atomic E-state index is 0.0853. The number of halogens is 1. The number of amides is 1. The van der Waals surface area contributed by atoms with Gasteiger partial charge in [-0.25, -0.2) is 13.2 Å². The van der Waals surface area contributed by atoms with E-state index in [0.29, 0.717) is 15.4 Å². The van der Waals surface area contributed by atoms with Crippen LogP contribution in [0.1, 0.15) is 17.3 Å². The highest BCUT2D eigenvalue weighted by atomic mass is 79.9. The van der Waals surface area contributed by atoms with Gasteiger partial charge in [-0.15, -0.1) is 0 Å². The van der Waals surface area contributed by atoms with Crippen LogP contribution in [-0.4, -0.2) is 61.0 Å². The highest BCUT2D eigenvalue weighted by Crippen LogP contribution is 2.37. The second-order valence-electron chi connectivity index (χ2n) is 7.51. The number of benzene rings is 2. The standard InChI is InChI=1S/C22H21BrN4O6S/c1-13(28)25-17-3-2-4-18(20(17)22(29)30)26-21-15-11-14(23)5-6-16(15)24-12-19(21)34(31,32)27-7-9-33-10-8-27/h2-6,11-12H,7-10H2,1H3,(H,24,26)(H,25,28)(H,29,30). The van der Waals surface area contributed by atoms with E-state index in [1.54, 1.807) is 24.3 Å². The van der Waals surface area contributed by atoms with Crippen LogP contribution in [0.2, 0.25) is 0 Å². The zero-order chi connectivity index (χ0) is 24.5. The SMILES string of the molecule is CC(=O)Nc1cccc(Nc2c(S(=O)(=O)N3CCOCC3)cnc3ccc(Br)cc23)c1C(=O)O. The highest BCUT2D eigenvalue weighted by molar-refractivity contribution is 9.10. The second-order valence-corrected chi connectivity index (χ2v) is 10.3. The number of anilines is 3. The molecule has 0 radical (unpaired) electrons. The Kier molecular flexibility index (Phi) is 6.84. The van der Waals surface area contributed by atoms with Crippen LogP contribution in [0.15, 0.2) is 52.0 Å². The van der Waals surface area contributed by atoms with E-state index in [2.05, 4.69) is 31.5 Å². The molecule has 0 atom stereocenters. The molecule has 1 amide bonds. The van der Waals surface area contributed by atoms with Gasteiger partial charge < -0.3 is 20.5 Å². The van der Waals surface area contributed by atoms with Crippen molar-refractivity contribution in [3.8, 4) is 0 Å². The van der Waals surface area contributed by atoms with Crippen molar-refractivity contribution >= 4 is 65.8 Å². The molecule has 1 aliphatic heterocycles. The number of hydrogen-bond donors (Lipinski definition) is 3. The summed E-state index contributed by atoms with van der Waals surface area (Å²) in [4.78, 5) is 27.9. The summed E-state index contributed by atoms with van der Waals surface area (Å²) in [7, 11) is -3.98. The summed E-state index contributed by atoms with van der Waals surface area (Å²) in [6.07, 6.45) is 1.27. The molecule has 0 bridgehead atoms. The summed E-state index contributed by atoms with van der Waals surface area (Å²) in [5.74, 6) is -1.72. The van der Waals surface area contributed by atoms with Gasteiger partial charge >= 0.3 is 5.97 Å². The molecular weight excluding hydrogens is 528 g/mol. The molecule has 0 spiro atoms. The first-order chi connectivity index (χ1) is 16.2. The monoisotopic (exact) mass is 548 g/mol. The molecule has 10 nitrogen and oxygen atoms in total. The summed E-state index contributed by atoms with van der Waals surface area (Å²) in [5.41, 5.74) is 0.695. The Morgan fingerprint density at radius 1 is 1.15 bits per heavy atom. The molecule has 0 saturated carbocycles. The van der Waals surface area contributed by atoms with E-state index in [4.69, 9.17) is 4.74 Å². The van der Waals surface area contributed by atoms with Crippen LogP contribution in [0.3, 0.4) is 0 Å². The number of pyridine rings is 1. The molecule has 1 saturated heterocycles. The van der Waals surface area contributed by atoms with E-state index < -0.39 is 21.9 Å². The fourth-order valence-electron chi connectivity index (χ4n) is 3.71. The first-order valence-electron chi connectivity index (χ1n) is 10.3. The number of fused-ring (bicyclic) bond motifs is 1. The molecule has 3 aromatic rings. The predicted molar refractivity (Wildman–Crippen MR) is 130 cm³/mol. The van der Waals surface area contributed by atoms with Crippen molar-refractivity contribution < 1.29 is 27.9 Å². The average Bonchev–Trinajstić information content (AvgIpc) is 2.79. The molecule has 2 aromatic carbocycles. The number of aromatic carboxylic acids is 1. The molecule has 0 unspecified atom stereocenters. The predicted octanol–water partition coefficient (Wildman–Crippen LogP) is 3.42. The molecule has 1 fully saturated rings. The molecule has 1 aliphatic rings. The number of nitrogens with one attached hydrogen (secondary N) is 2. The van der Waals surface area contributed by atoms with Gasteiger partial charge in [0.25, 0.3) is 0 Å². The van der Waals surface area contributed by atoms with Gasteiger partial charge in [0.2, 0.25) is 15.9 Å². The summed E-state index contributed by atoms with van der Waals surface area (Å²) in [5, 5.41) is 15.9. The van der Waals surface area contributed by atoms with Crippen molar-refractivity contribution in [2.24, 2.45) is 0 Å². The smallest absolute Gasteiger partial charge is 0.339 e. The summed E-state index contributed by atoms with van der Waals surface area (Å²) < 4.78 is 34.4. The molecule has 0 aliphatic carbocycles. The molecule has 2 heterocycles.